The number of amides is 1. The predicted octanol–water partition coefficient (Wildman–Crippen LogP) is 4.97. The zero-order chi connectivity index (χ0) is 24.5. The van der Waals surface area contributed by atoms with Gasteiger partial charge < -0.3 is 19.9 Å². The van der Waals surface area contributed by atoms with Crippen LogP contribution in [0.5, 0.6) is 0 Å². The number of carbonyl (C=O) groups is 2. The standard InChI is InChI=1S/C27H41NO5/c1-17(2)7-12-26(29)28-24-15-20(5)25(32-21(24)6)11-9-18(3)8-10-22-13-19(4)14-23(33-22)16-27(30)31/h7-10,12,17,20-25H,4,11,13-16H2,1-3,5-6H3,(H,28,29)(H,30,31)/b10-8+,12-7-,18-9+/t20-,21+,22+,23+,24+,25-/m0/s1. The zero-order valence-electron chi connectivity index (χ0n) is 20.8. The van der Waals surface area contributed by atoms with Gasteiger partial charge in [-0.15, -0.1) is 0 Å². The van der Waals surface area contributed by atoms with Gasteiger partial charge >= 0.3 is 5.97 Å². The van der Waals surface area contributed by atoms with E-state index in [9.17, 15) is 9.59 Å². The van der Waals surface area contributed by atoms with Crippen LogP contribution in [0.1, 0.15) is 66.7 Å². The first-order valence-electron chi connectivity index (χ1n) is 12.1. The lowest BCUT2D eigenvalue weighted by molar-refractivity contribution is -0.141. The molecule has 0 aliphatic carbocycles. The topological polar surface area (TPSA) is 84.9 Å². The Kier molecular flexibility index (Phi) is 10.6. The Morgan fingerprint density at radius 3 is 2.61 bits per heavy atom. The van der Waals surface area contributed by atoms with E-state index >= 15 is 0 Å². The van der Waals surface area contributed by atoms with Crippen LogP contribution in [0.25, 0.3) is 0 Å². The van der Waals surface area contributed by atoms with E-state index in [1.54, 1.807) is 6.08 Å². The third-order valence-corrected chi connectivity index (χ3v) is 6.20. The minimum Gasteiger partial charge on any atom is -0.481 e. The monoisotopic (exact) mass is 459 g/mol. The van der Waals surface area contributed by atoms with Crippen LogP contribution in [0.4, 0.5) is 0 Å². The number of allylic oxidation sites excluding steroid dienone is 3. The summed E-state index contributed by atoms with van der Waals surface area (Å²) in [6, 6.07) is 0.0147. The molecule has 2 fully saturated rings. The summed E-state index contributed by atoms with van der Waals surface area (Å²) in [6.07, 6.45) is 12.3. The first-order chi connectivity index (χ1) is 15.5. The van der Waals surface area contributed by atoms with Gasteiger partial charge in [-0.05, 0) is 57.4 Å². The number of nitrogens with one attached hydrogen (secondary N) is 1. The highest BCUT2D eigenvalue weighted by molar-refractivity contribution is 5.87. The van der Waals surface area contributed by atoms with Gasteiger partial charge in [0.05, 0.1) is 36.9 Å². The molecule has 6 nitrogen and oxygen atoms in total. The highest BCUT2D eigenvalue weighted by Gasteiger charge is 2.33. The molecule has 6 atom stereocenters. The van der Waals surface area contributed by atoms with Crippen LogP contribution >= 0.6 is 0 Å². The number of aliphatic carboxylic acids is 1. The fourth-order valence-corrected chi connectivity index (χ4v) is 4.31. The molecule has 1 amide bonds. The van der Waals surface area contributed by atoms with Gasteiger partial charge in [-0.3, -0.25) is 9.59 Å². The Hall–Kier alpha value is -2.18. The van der Waals surface area contributed by atoms with E-state index in [-0.39, 0.29) is 42.8 Å². The van der Waals surface area contributed by atoms with Crippen molar-refractivity contribution in [3.63, 3.8) is 0 Å². The van der Waals surface area contributed by atoms with E-state index < -0.39 is 5.97 Å². The van der Waals surface area contributed by atoms with Crippen molar-refractivity contribution in [2.45, 2.75) is 97.2 Å². The maximum Gasteiger partial charge on any atom is 0.305 e. The molecule has 0 saturated carbocycles. The van der Waals surface area contributed by atoms with E-state index in [1.807, 2.05) is 45.9 Å². The number of hydrogen-bond donors (Lipinski definition) is 2. The fourth-order valence-electron chi connectivity index (χ4n) is 4.31. The van der Waals surface area contributed by atoms with Crippen LogP contribution in [-0.2, 0) is 19.1 Å². The van der Waals surface area contributed by atoms with E-state index in [0.29, 0.717) is 18.3 Å². The zero-order valence-corrected chi connectivity index (χ0v) is 20.8. The summed E-state index contributed by atoms with van der Waals surface area (Å²) in [6.45, 7) is 14.4. The molecule has 0 aromatic heterocycles. The van der Waals surface area contributed by atoms with E-state index in [0.717, 1.165) is 30.4 Å². The summed E-state index contributed by atoms with van der Waals surface area (Å²) < 4.78 is 12.1. The average Bonchev–Trinajstić information content (AvgIpc) is 2.71. The number of carbonyl (C=O) groups excluding carboxylic acids is 1. The maximum absolute atomic E-state index is 12.1. The molecule has 6 heteroatoms. The maximum atomic E-state index is 12.1. The molecule has 0 bridgehead atoms. The first-order valence-corrected chi connectivity index (χ1v) is 12.1. The predicted molar refractivity (Wildman–Crippen MR) is 131 cm³/mol. The molecule has 0 radical (unpaired) electrons. The second-order valence-electron chi connectivity index (χ2n) is 9.91. The van der Waals surface area contributed by atoms with Crippen LogP contribution in [-0.4, -0.2) is 47.4 Å². The molecule has 0 unspecified atom stereocenters. The summed E-state index contributed by atoms with van der Waals surface area (Å²) in [5.41, 5.74) is 2.14. The van der Waals surface area contributed by atoms with Crippen molar-refractivity contribution in [2.24, 2.45) is 11.8 Å². The number of ether oxygens (including phenoxy) is 2. The molecule has 0 spiro atoms. The Morgan fingerprint density at radius 1 is 1.21 bits per heavy atom. The normalized spacial score (nSPS) is 31.5. The van der Waals surface area contributed by atoms with Crippen molar-refractivity contribution < 1.29 is 24.2 Å². The van der Waals surface area contributed by atoms with Crippen molar-refractivity contribution >= 4 is 11.9 Å². The summed E-state index contributed by atoms with van der Waals surface area (Å²) in [7, 11) is 0. The molecule has 2 rings (SSSR count). The second-order valence-corrected chi connectivity index (χ2v) is 9.91. The molecule has 2 N–H and O–H groups in total. The van der Waals surface area contributed by atoms with Gasteiger partial charge in [-0.1, -0.05) is 62.8 Å². The average molecular weight is 460 g/mol. The molecule has 0 aromatic rings. The van der Waals surface area contributed by atoms with Crippen molar-refractivity contribution in [1.82, 2.24) is 5.32 Å². The van der Waals surface area contributed by atoms with Gasteiger partial charge in [0.15, 0.2) is 0 Å². The van der Waals surface area contributed by atoms with Gasteiger partial charge in [0, 0.05) is 0 Å². The minimum atomic E-state index is -0.849. The lowest BCUT2D eigenvalue weighted by Gasteiger charge is -2.39. The Balaban J connectivity index is 1.85. The molecule has 2 heterocycles. The van der Waals surface area contributed by atoms with Gasteiger partial charge in [-0.2, -0.15) is 0 Å². The number of carboxylic acid groups (broad SMARTS) is 1. The molecule has 2 aliphatic heterocycles. The third kappa shape index (κ3) is 9.68. The number of hydrogen-bond acceptors (Lipinski definition) is 4. The fraction of sp³-hybridized carbons (Fsp3) is 0.630. The summed E-state index contributed by atoms with van der Waals surface area (Å²) in [5.74, 6) is -0.236. The second kappa shape index (κ2) is 12.9. The smallest absolute Gasteiger partial charge is 0.305 e. The van der Waals surface area contributed by atoms with E-state index in [1.165, 1.54) is 0 Å². The lowest BCUT2D eigenvalue weighted by Crippen LogP contribution is -2.50. The van der Waals surface area contributed by atoms with Gasteiger partial charge in [0.25, 0.3) is 0 Å². The van der Waals surface area contributed by atoms with Crippen molar-refractivity contribution in [3.8, 4) is 0 Å². The van der Waals surface area contributed by atoms with E-state index in [2.05, 4.69) is 24.9 Å². The summed E-state index contributed by atoms with van der Waals surface area (Å²) in [4.78, 5) is 23.1. The molecule has 2 aliphatic rings. The largest absolute Gasteiger partial charge is 0.481 e. The summed E-state index contributed by atoms with van der Waals surface area (Å²) >= 11 is 0. The van der Waals surface area contributed by atoms with Gasteiger partial charge in [0.1, 0.15) is 0 Å². The quantitative estimate of drug-likeness (QED) is 0.289. The van der Waals surface area contributed by atoms with Crippen LogP contribution in [0.3, 0.4) is 0 Å². The Morgan fingerprint density at radius 2 is 1.94 bits per heavy atom. The van der Waals surface area contributed by atoms with Crippen molar-refractivity contribution in [3.05, 3.63) is 48.1 Å². The number of rotatable bonds is 9. The van der Waals surface area contributed by atoms with Crippen LogP contribution in [0, 0.1) is 11.8 Å². The Bertz CT molecular complexity index is 779. The SMILES string of the molecule is C=C1C[C@H](CC(=O)O)O[C@H](/C=C/C(C)=C/C[C@@H]2O[C@H](C)[C@H](NC(=O)/C=C\C(C)C)C[C@@H]2C)C1. The highest BCUT2D eigenvalue weighted by Crippen LogP contribution is 2.29. The van der Waals surface area contributed by atoms with Gasteiger partial charge in [-0.25, -0.2) is 0 Å². The number of carboxylic acids is 1. The molecular weight excluding hydrogens is 418 g/mol. The molecule has 0 aromatic carbocycles. The molecule has 184 valence electrons. The van der Waals surface area contributed by atoms with Crippen molar-refractivity contribution in [2.75, 3.05) is 0 Å². The first kappa shape index (κ1) is 27.1. The third-order valence-electron chi connectivity index (χ3n) is 6.20. The van der Waals surface area contributed by atoms with Crippen LogP contribution < -0.4 is 5.32 Å². The Labute approximate surface area is 198 Å². The van der Waals surface area contributed by atoms with Gasteiger partial charge in [0.2, 0.25) is 5.91 Å². The minimum absolute atomic E-state index is 0.00271. The van der Waals surface area contributed by atoms with Crippen LogP contribution in [0.15, 0.2) is 48.1 Å². The molecular formula is C27H41NO5. The highest BCUT2D eigenvalue weighted by atomic mass is 16.5. The summed E-state index contributed by atoms with van der Waals surface area (Å²) in [5, 5.41) is 12.1. The molecule has 33 heavy (non-hydrogen) atoms. The molecule has 2 saturated heterocycles. The van der Waals surface area contributed by atoms with Crippen molar-refractivity contribution in [1.29, 1.82) is 0 Å². The van der Waals surface area contributed by atoms with Crippen LogP contribution in [0.2, 0.25) is 0 Å². The lowest BCUT2D eigenvalue weighted by atomic mass is 9.88. The van der Waals surface area contributed by atoms with E-state index in [4.69, 9.17) is 14.6 Å².